The lowest BCUT2D eigenvalue weighted by atomic mass is 9.90. The molecule has 0 radical (unpaired) electrons. The van der Waals surface area contributed by atoms with E-state index in [1.54, 1.807) is 0 Å². The summed E-state index contributed by atoms with van der Waals surface area (Å²) >= 11 is 0. The van der Waals surface area contributed by atoms with Crippen molar-refractivity contribution >= 4 is 32.3 Å². The molecule has 6 rings (SSSR count). The summed E-state index contributed by atoms with van der Waals surface area (Å²) in [7, 11) is 0. The Morgan fingerprint density at radius 3 is 1.76 bits per heavy atom. The van der Waals surface area contributed by atoms with Crippen LogP contribution in [0.2, 0.25) is 0 Å². The zero-order valence-electron chi connectivity index (χ0n) is 13.8. The quantitative estimate of drug-likeness (QED) is 0.273. The maximum atomic E-state index is 2.32. The molecular weight excluding hydrogens is 300 g/mol. The molecule has 0 spiro atoms. The van der Waals surface area contributed by atoms with Gasteiger partial charge in [0, 0.05) is 0 Å². The molecule has 5 aromatic carbocycles. The van der Waals surface area contributed by atoms with E-state index in [1.807, 2.05) is 0 Å². The van der Waals surface area contributed by atoms with Gasteiger partial charge in [-0.25, -0.2) is 0 Å². The minimum Gasteiger partial charge on any atom is -0.0619 e. The third-order valence-corrected chi connectivity index (χ3v) is 5.69. The van der Waals surface area contributed by atoms with Crippen LogP contribution in [0.4, 0.5) is 0 Å². The molecule has 0 nitrogen and oxygen atoms in total. The van der Waals surface area contributed by atoms with Crippen molar-refractivity contribution in [3.63, 3.8) is 0 Å². The first-order valence-corrected chi connectivity index (χ1v) is 8.85. The molecule has 5 aromatic rings. The van der Waals surface area contributed by atoms with Crippen molar-refractivity contribution in [2.75, 3.05) is 0 Å². The lowest BCUT2D eigenvalue weighted by Crippen LogP contribution is -1.89. The van der Waals surface area contributed by atoms with Gasteiger partial charge in [0.25, 0.3) is 0 Å². The summed E-state index contributed by atoms with van der Waals surface area (Å²) in [6.45, 7) is 0. The first-order chi connectivity index (χ1) is 12.4. The van der Waals surface area contributed by atoms with Crippen LogP contribution in [0.3, 0.4) is 0 Å². The third-order valence-electron chi connectivity index (χ3n) is 5.69. The Balaban J connectivity index is 1.89. The number of rotatable bonds is 0. The Kier molecular flexibility index (Phi) is 2.48. The fourth-order valence-corrected chi connectivity index (χ4v) is 4.63. The predicted octanol–water partition coefficient (Wildman–Crippen LogP) is 6.72. The molecule has 0 bridgehead atoms. The maximum absolute atomic E-state index is 2.32. The van der Waals surface area contributed by atoms with Crippen LogP contribution in [-0.4, -0.2) is 0 Å². The van der Waals surface area contributed by atoms with Crippen molar-refractivity contribution in [3.8, 4) is 11.1 Å². The third kappa shape index (κ3) is 1.66. The number of benzene rings is 5. The number of hydrogen-bond donors (Lipinski definition) is 0. The lowest BCUT2D eigenvalue weighted by molar-refractivity contribution is 1.29. The van der Waals surface area contributed by atoms with Crippen molar-refractivity contribution < 1.29 is 0 Å². The smallest absolute Gasteiger partial charge is 0.000706 e. The summed E-state index contributed by atoms with van der Waals surface area (Å²) in [5.41, 5.74) is 5.74. The highest BCUT2D eigenvalue weighted by Gasteiger charge is 2.22. The van der Waals surface area contributed by atoms with Crippen molar-refractivity contribution in [2.24, 2.45) is 0 Å². The van der Waals surface area contributed by atoms with E-state index in [9.17, 15) is 0 Å². The van der Waals surface area contributed by atoms with Crippen molar-refractivity contribution in [1.29, 1.82) is 0 Å². The summed E-state index contributed by atoms with van der Waals surface area (Å²) < 4.78 is 0. The van der Waals surface area contributed by atoms with Gasteiger partial charge in [-0.1, -0.05) is 84.9 Å². The molecule has 116 valence electrons. The second kappa shape index (κ2) is 4.70. The van der Waals surface area contributed by atoms with Crippen molar-refractivity contribution in [1.82, 2.24) is 0 Å². The Labute approximate surface area is 146 Å². The molecule has 0 aromatic heterocycles. The summed E-state index contributed by atoms with van der Waals surface area (Å²) in [6, 6.07) is 31.1. The second-order valence-corrected chi connectivity index (χ2v) is 6.94. The molecule has 0 heteroatoms. The highest BCUT2D eigenvalue weighted by Crippen LogP contribution is 2.44. The first-order valence-electron chi connectivity index (χ1n) is 8.85. The Hall–Kier alpha value is -3.12. The standard InChI is InChI=1S/C25H16/c1-2-8-17-16(7-1)15-24-21(17)13-14-23-20-11-4-3-9-18(20)19-10-5-6-12-22(19)25(23)24/h1-14H,15H2. The van der Waals surface area contributed by atoms with E-state index in [2.05, 4.69) is 84.9 Å². The van der Waals surface area contributed by atoms with Gasteiger partial charge in [-0.15, -0.1) is 0 Å². The molecule has 0 fully saturated rings. The van der Waals surface area contributed by atoms with E-state index in [0.29, 0.717) is 0 Å². The van der Waals surface area contributed by atoms with Gasteiger partial charge in [-0.3, -0.25) is 0 Å². The first kappa shape index (κ1) is 13.2. The van der Waals surface area contributed by atoms with Crippen LogP contribution in [0.1, 0.15) is 11.1 Å². The van der Waals surface area contributed by atoms with E-state index >= 15 is 0 Å². The molecule has 1 aliphatic carbocycles. The molecular formula is C25H16. The van der Waals surface area contributed by atoms with Gasteiger partial charge < -0.3 is 0 Å². The van der Waals surface area contributed by atoms with Gasteiger partial charge in [0.15, 0.2) is 0 Å². The van der Waals surface area contributed by atoms with E-state index in [-0.39, 0.29) is 0 Å². The molecule has 0 saturated carbocycles. The molecule has 0 unspecified atom stereocenters. The zero-order chi connectivity index (χ0) is 16.4. The van der Waals surface area contributed by atoms with Crippen LogP contribution >= 0.6 is 0 Å². The highest BCUT2D eigenvalue weighted by atomic mass is 14.2. The molecule has 0 atom stereocenters. The zero-order valence-corrected chi connectivity index (χ0v) is 13.8. The van der Waals surface area contributed by atoms with E-state index < -0.39 is 0 Å². The maximum Gasteiger partial charge on any atom is -0.000706 e. The Bertz CT molecular complexity index is 1270. The van der Waals surface area contributed by atoms with Crippen molar-refractivity contribution in [3.05, 3.63) is 96.1 Å². The predicted molar refractivity (Wildman–Crippen MR) is 107 cm³/mol. The van der Waals surface area contributed by atoms with Crippen molar-refractivity contribution in [2.45, 2.75) is 6.42 Å². The average Bonchev–Trinajstić information content (AvgIpc) is 3.06. The van der Waals surface area contributed by atoms with Gasteiger partial charge in [-0.2, -0.15) is 0 Å². The topological polar surface area (TPSA) is 0 Å². The molecule has 1 aliphatic rings. The normalized spacial score (nSPS) is 12.6. The average molecular weight is 316 g/mol. The van der Waals surface area contributed by atoms with Gasteiger partial charge in [-0.05, 0) is 61.0 Å². The Morgan fingerprint density at radius 1 is 0.440 bits per heavy atom. The van der Waals surface area contributed by atoms with E-state index in [1.165, 1.54) is 54.6 Å². The second-order valence-electron chi connectivity index (χ2n) is 6.94. The van der Waals surface area contributed by atoms with Crippen LogP contribution in [-0.2, 0) is 6.42 Å². The Morgan fingerprint density at radius 2 is 1.00 bits per heavy atom. The van der Waals surface area contributed by atoms with Crippen LogP contribution in [0.15, 0.2) is 84.9 Å². The molecule has 25 heavy (non-hydrogen) atoms. The summed E-state index contributed by atoms with van der Waals surface area (Å²) in [4.78, 5) is 0. The summed E-state index contributed by atoms with van der Waals surface area (Å²) in [5.74, 6) is 0. The lowest BCUT2D eigenvalue weighted by Gasteiger charge is -2.13. The molecule has 0 saturated heterocycles. The van der Waals surface area contributed by atoms with Crippen LogP contribution in [0.25, 0.3) is 43.4 Å². The highest BCUT2D eigenvalue weighted by molar-refractivity contribution is 6.27. The monoisotopic (exact) mass is 316 g/mol. The molecule has 0 amide bonds. The summed E-state index contributed by atoms with van der Waals surface area (Å²) in [5, 5.41) is 8.25. The summed E-state index contributed by atoms with van der Waals surface area (Å²) in [6.07, 6.45) is 1.03. The van der Waals surface area contributed by atoms with Gasteiger partial charge >= 0.3 is 0 Å². The van der Waals surface area contributed by atoms with E-state index in [0.717, 1.165) is 6.42 Å². The van der Waals surface area contributed by atoms with Crippen LogP contribution < -0.4 is 0 Å². The van der Waals surface area contributed by atoms with Crippen LogP contribution in [0, 0.1) is 0 Å². The van der Waals surface area contributed by atoms with Crippen LogP contribution in [0.5, 0.6) is 0 Å². The largest absolute Gasteiger partial charge is 0.0619 e. The number of fused-ring (bicyclic) bond motifs is 10. The van der Waals surface area contributed by atoms with Gasteiger partial charge in [0.05, 0.1) is 0 Å². The minimum absolute atomic E-state index is 1.03. The fourth-order valence-electron chi connectivity index (χ4n) is 4.63. The van der Waals surface area contributed by atoms with E-state index in [4.69, 9.17) is 0 Å². The molecule has 0 heterocycles. The fraction of sp³-hybridized carbons (Fsp3) is 0.0400. The minimum atomic E-state index is 1.03. The molecule has 0 aliphatic heterocycles. The van der Waals surface area contributed by atoms with Gasteiger partial charge in [0.1, 0.15) is 0 Å². The SMILES string of the molecule is c1ccc2c(c1)Cc1c-2ccc2c3ccccc3c3ccccc3c12. The molecule has 0 N–H and O–H groups in total. The van der Waals surface area contributed by atoms with Gasteiger partial charge in [0.2, 0.25) is 0 Å². The number of hydrogen-bond acceptors (Lipinski definition) is 0.